The van der Waals surface area contributed by atoms with Crippen LogP contribution < -0.4 is 11.3 Å². The van der Waals surface area contributed by atoms with E-state index in [0.29, 0.717) is 0 Å². The van der Waals surface area contributed by atoms with Crippen molar-refractivity contribution in [2.24, 2.45) is 0 Å². The third kappa shape index (κ3) is 7.08. The monoisotopic (exact) mass is 239 g/mol. The van der Waals surface area contributed by atoms with Crippen LogP contribution in [0.1, 0.15) is 24.8 Å². The first-order valence-corrected chi connectivity index (χ1v) is 5.08. The maximum Gasteiger partial charge on any atom is 0.306 e. The molecule has 0 unspecified atom stereocenters. The minimum Gasteiger partial charge on any atom is -0.550 e. The summed E-state index contributed by atoms with van der Waals surface area (Å²) < 4.78 is 4.96. The van der Waals surface area contributed by atoms with Gasteiger partial charge in [0.1, 0.15) is 6.61 Å². The van der Waals surface area contributed by atoms with Crippen molar-refractivity contribution < 1.29 is 19.4 Å². The molecule has 0 atom stereocenters. The van der Waals surface area contributed by atoms with E-state index in [1.165, 1.54) is 0 Å². The van der Waals surface area contributed by atoms with Crippen LogP contribution in [0.5, 0.6) is 0 Å². The van der Waals surface area contributed by atoms with Gasteiger partial charge in [-0.25, -0.2) is 0 Å². The van der Waals surface area contributed by atoms with Gasteiger partial charge in [-0.05, 0) is 18.4 Å². The van der Waals surface area contributed by atoms with Crippen molar-refractivity contribution in [2.45, 2.75) is 25.9 Å². The quantitative estimate of drug-likeness (QED) is 0.748. The standard InChI is InChI=1S/C12H14O4.H3N/c13-11(14)7-4-8-12(15)16-9-10-5-2-1-3-6-10;/h1-3,5-6H,4,7-9H2,(H,13,14);1H3. The first-order chi connectivity index (χ1) is 7.68. The number of carbonyl (C=O) groups excluding carboxylic acids is 2. The Balaban J connectivity index is 0.00000256. The van der Waals surface area contributed by atoms with E-state index in [1.54, 1.807) is 0 Å². The molecule has 5 heteroatoms. The number of esters is 1. The van der Waals surface area contributed by atoms with E-state index >= 15 is 0 Å². The third-order valence-electron chi connectivity index (χ3n) is 2.00. The molecule has 0 amide bonds. The minimum atomic E-state index is -1.14. The van der Waals surface area contributed by atoms with Crippen molar-refractivity contribution >= 4 is 11.9 Å². The molecule has 0 bridgehead atoms. The first-order valence-electron chi connectivity index (χ1n) is 5.08. The van der Waals surface area contributed by atoms with Gasteiger partial charge in [-0.3, -0.25) is 4.79 Å². The molecule has 0 aliphatic rings. The molecule has 94 valence electrons. The lowest BCUT2D eigenvalue weighted by molar-refractivity contribution is -0.305. The Morgan fingerprint density at radius 1 is 1.12 bits per heavy atom. The fourth-order valence-corrected chi connectivity index (χ4v) is 1.19. The highest BCUT2D eigenvalue weighted by Crippen LogP contribution is 2.03. The molecule has 0 spiro atoms. The number of hydrogen-bond donors (Lipinski definition) is 1. The minimum absolute atomic E-state index is 0. The molecule has 0 aliphatic carbocycles. The van der Waals surface area contributed by atoms with Gasteiger partial charge in [0.15, 0.2) is 0 Å². The number of carboxylic acids is 1. The average molecular weight is 239 g/mol. The molecule has 0 heterocycles. The molecule has 1 aromatic carbocycles. The van der Waals surface area contributed by atoms with E-state index in [9.17, 15) is 14.7 Å². The Hall–Kier alpha value is -1.88. The van der Waals surface area contributed by atoms with Gasteiger partial charge in [0.25, 0.3) is 0 Å². The second kappa shape index (κ2) is 8.29. The van der Waals surface area contributed by atoms with Gasteiger partial charge in [0, 0.05) is 12.4 Å². The highest BCUT2D eigenvalue weighted by atomic mass is 16.5. The van der Waals surface area contributed by atoms with Gasteiger partial charge in [0.05, 0.1) is 0 Å². The summed E-state index contributed by atoms with van der Waals surface area (Å²) in [5, 5.41) is 10.1. The van der Waals surface area contributed by atoms with Gasteiger partial charge in [-0.1, -0.05) is 30.3 Å². The highest BCUT2D eigenvalue weighted by molar-refractivity contribution is 5.70. The van der Waals surface area contributed by atoms with Crippen LogP contribution >= 0.6 is 0 Å². The number of rotatable bonds is 6. The normalized spacial score (nSPS) is 9.18. The zero-order valence-corrected chi connectivity index (χ0v) is 9.85. The van der Waals surface area contributed by atoms with Crippen molar-refractivity contribution in [3.05, 3.63) is 35.9 Å². The van der Waals surface area contributed by atoms with Crippen molar-refractivity contribution in [1.29, 1.82) is 0 Å². The van der Waals surface area contributed by atoms with Crippen LogP contribution in [-0.4, -0.2) is 11.9 Å². The van der Waals surface area contributed by atoms with E-state index in [1.807, 2.05) is 30.3 Å². The van der Waals surface area contributed by atoms with Crippen LogP contribution in [0, 0.1) is 0 Å². The molecule has 0 radical (unpaired) electrons. The highest BCUT2D eigenvalue weighted by Gasteiger charge is 2.02. The summed E-state index contributed by atoms with van der Waals surface area (Å²) in [5.41, 5.74) is 0.913. The molecule has 0 saturated heterocycles. The molecule has 1 aromatic rings. The predicted octanol–water partition coefficient (Wildman–Crippen LogP) is 1.03. The van der Waals surface area contributed by atoms with Gasteiger partial charge in [-0.2, -0.15) is 0 Å². The van der Waals surface area contributed by atoms with Crippen molar-refractivity contribution in [2.75, 3.05) is 0 Å². The van der Waals surface area contributed by atoms with Gasteiger partial charge in [-0.15, -0.1) is 0 Å². The second-order valence-electron chi connectivity index (χ2n) is 3.37. The lowest BCUT2D eigenvalue weighted by Gasteiger charge is -2.05. The smallest absolute Gasteiger partial charge is 0.306 e. The molecule has 0 aliphatic heterocycles. The van der Waals surface area contributed by atoms with Crippen LogP contribution in [0.3, 0.4) is 0 Å². The largest absolute Gasteiger partial charge is 0.550 e. The Morgan fingerprint density at radius 3 is 2.35 bits per heavy atom. The fourth-order valence-electron chi connectivity index (χ4n) is 1.19. The molecular weight excluding hydrogens is 222 g/mol. The first kappa shape index (κ1) is 15.1. The number of carboxylic acid groups (broad SMARTS) is 1. The molecule has 0 aromatic heterocycles. The van der Waals surface area contributed by atoms with Crippen molar-refractivity contribution in [3.8, 4) is 0 Å². The molecule has 17 heavy (non-hydrogen) atoms. The van der Waals surface area contributed by atoms with Gasteiger partial charge in [0.2, 0.25) is 0 Å². The van der Waals surface area contributed by atoms with Crippen LogP contribution in [0.15, 0.2) is 30.3 Å². The van der Waals surface area contributed by atoms with Crippen LogP contribution in [-0.2, 0) is 20.9 Å². The van der Waals surface area contributed by atoms with E-state index in [4.69, 9.17) is 4.74 Å². The molecule has 4 N–H and O–H groups in total. The maximum atomic E-state index is 11.2. The maximum absolute atomic E-state index is 11.2. The lowest BCUT2D eigenvalue weighted by Crippen LogP contribution is -2.21. The molecule has 0 fully saturated rings. The summed E-state index contributed by atoms with van der Waals surface area (Å²) >= 11 is 0. The van der Waals surface area contributed by atoms with E-state index in [-0.39, 0.29) is 38.0 Å². The number of hydrogen-bond acceptors (Lipinski definition) is 4. The second-order valence-corrected chi connectivity index (χ2v) is 3.37. The summed E-state index contributed by atoms with van der Waals surface area (Å²) in [6.07, 6.45) is 0.261. The fraction of sp³-hybridized carbons (Fsp3) is 0.333. The zero-order valence-electron chi connectivity index (χ0n) is 9.85. The Labute approximate surface area is 100.0 Å². The van der Waals surface area contributed by atoms with E-state index in [0.717, 1.165) is 5.56 Å². The van der Waals surface area contributed by atoms with Gasteiger partial charge >= 0.3 is 5.97 Å². The van der Waals surface area contributed by atoms with Crippen molar-refractivity contribution in [1.82, 2.24) is 6.15 Å². The summed E-state index contributed by atoms with van der Waals surface area (Å²) in [6.45, 7) is 0.227. The summed E-state index contributed by atoms with van der Waals surface area (Å²) in [6, 6.07) is 9.31. The third-order valence-corrected chi connectivity index (χ3v) is 2.00. The average Bonchev–Trinajstić information content (AvgIpc) is 2.27. The molecule has 5 nitrogen and oxygen atoms in total. The van der Waals surface area contributed by atoms with Crippen LogP contribution in [0.25, 0.3) is 0 Å². The topological polar surface area (TPSA) is 103 Å². The number of aliphatic carboxylic acids is 1. The predicted molar refractivity (Wildman–Crippen MR) is 61.1 cm³/mol. The summed E-state index contributed by atoms with van der Waals surface area (Å²) in [4.78, 5) is 21.3. The SMILES string of the molecule is O=C([O-])CCCC(=O)OCc1ccccc1.[NH4+]. The van der Waals surface area contributed by atoms with E-state index in [2.05, 4.69) is 0 Å². The molecule has 0 saturated carbocycles. The van der Waals surface area contributed by atoms with Crippen molar-refractivity contribution in [3.63, 3.8) is 0 Å². The lowest BCUT2D eigenvalue weighted by atomic mass is 10.2. The summed E-state index contributed by atoms with van der Waals surface area (Å²) in [7, 11) is 0. The van der Waals surface area contributed by atoms with Crippen LogP contribution in [0.2, 0.25) is 0 Å². The van der Waals surface area contributed by atoms with Crippen LogP contribution in [0.4, 0.5) is 0 Å². The Bertz CT molecular complexity index is 351. The van der Waals surface area contributed by atoms with Gasteiger partial charge < -0.3 is 20.8 Å². The number of benzene rings is 1. The van der Waals surface area contributed by atoms with E-state index < -0.39 is 5.97 Å². The zero-order chi connectivity index (χ0) is 11.8. The number of ether oxygens (including phenoxy) is 1. The molecule has 1 rings (SSSR count). The number of quaternary nitrogens is 1. The molecular formula is C12H17NO4. The number of carbonyl (C=O) groups is 2. The Morgan fingerprint density at radius 2 is 1.76 bits per heavy atom. The Kier molecular flexibility index (Phi) is 7.38. The summed E-state index contributed by atoms with van der Waals surface area (Å²) in [5.74, 6) is -1.53.